The van der Waals surface area contributed by atoms with Crippen molar-refractivity contribution in [1.29, 1.82) is 0 Å². The van der Waals surface area contributed by atoms with E-state index in [4.69, 9.17) is 17.3 Å². The average Bonchev–Trinajstić information content (AvgIpc) is 2.27. The van der Waals surface area contributed by atoms with Gasteiger partial charge in [-0.05, 0) is 30.5 Å². The van der Waals surface area contributed by atoms with E-state index in [1.54, 1.807) is 18.2 Å². The second kappa shape index (κ2) is 4.96. The number of rotatable bonds is 2. The van der Waals surface area contributed by atoms with Crippen LogP contribution in [-0.2, 0) is 9.84 Å². The molecule has 2 unspecified atom stereocenters. The van der Waals surface area contributed by atoms with E-state index in [1.165, 1.54) is 0 Å². The van der Waals surface area contributed by atoms with Gasteiger partial charge in [0.05, 0.1) is 11.0 Å². The Bertz CT molecular complexity index is 501. The Kier molecular flexibility index (Phi) is 3.76. The van der Waals surface area contributed by atoms with Crippen molar-refractivity contribution in [1.82, 2.24) is 0 Å². The van der Waals surface area contributed by atoms with Crippen LogP contribution < -0.4 is 5.73 Å². The molecule has 1 saturated heterocycles. The summed E-state index contributed by atoms with van der Waals surface area (Å²) in [4.78, 5) is 0. The van der Waals surface area contributed by atoms with E-state index >= 15 is 0 Å². The summed E-state index contributed by atoms with van der Waals surface area (Å²) < 4.78 is 23.9. The van der Waals surface area contributed by atoms with Crippen molar-refractivity contribution < 1.29 is 8.42 Å². The molecule has 2 rings (SSSR count). The lowest BCUT2D eigenvalue weighted by atomic mass is 10.0. The van der Waals surface area contributed by atoms with Crippen molar-refractivity contribution >= 4 is 21.4 Å². The van der Waals surface area contributed by atoms with Gasteiger partial charge in [-0.3, -0.25) is 0 Å². The van der Waals surface area contributed by atoms with Gasteiger partial charge in [0.1, 0.15) is 0 Å². The minimum Gasteiger partial charge on any atom is -0.323 e. The number of hydrogen-bond donors (Lipinski definition) is 1. The summed E-state index contributed by atoms with van der Waals surface area (Å²) in [7, 11) is -3.05. The molecule has 0 bridgehead atoms. The zero-order valence-electron chi connectivity index (χ0n) is 9.47. The normalized spacial score (nSPS) is 25.4. The third-order valence-corrected chi connectivity index (χ3v) is 5.81. The smallest absolute Gasteiger partial charge is 0.155 e. The van der Waals surface area contributed by atoms with Crippen molar-refractivity contribution in [2.75, 3.05) is 5.75 Å². The minimum absolute atomic E-state index is 0.256. The van der Waals surface area contributed by atoms with Gasteiger partial charge in [0.2, 0.25) is 0 Å². The second-order valence-corrected chi connectivity index (χ2v) is 7.26. The standard InChI is InChI=1S/C12H16ClNO2S/c13-10-5-3-4-9(8-10)12(14)11-6-1-2-7-17(11,15)16/h3-5,8,11-12H,1-2,6-7,14H2. The van der Waals surface area contributed by atoms with Gasteiger partial charge in [0.15, 0.2) is 9.84 Å². The van der Waals surface area contributed by atoms with Gasteiger partial charge in [-0.25, -0.2) is 8.42 Å². The van der Waals surface area contributed by atoms with Crippen LogP contribution in [0.2, 0.25) is 5.02 Å². The predicted octanol–water partition coefficient (Wildman–Crippen LogP) is 2.31. The van der Waals surface area contributed by atoms with Crippen LogP contribution in [0.5, 0.6) is 0 Å². The van der Waals surface area contributed by atoms with Crippen molar-refractivity contribution in [3.63, 3.8) is 0 Å². The first-order valence-corrected chi connectivity index (χ1v) is 7.83. The van der Waals surface area contributed by atoms with Gasteiger partial charge in [-0.2, -0.15) is 0 Å². The van der Waals surface area contributed by atoms with E-state index in [0.29, 0.717) is 11.4 Å². The molecule has 1 heterocycles. The van der Waals surface area contributed by atoms with E-state index in [0.717, 1.165) is 18.4 Å². The Morgan fingerprint density at radius 2 is 2.12 bits per heavy atom. The summed E-state index contributed by atoms with van der Waals surface area (Å²) >= 11 is 5.89. The van der Waals surface area contributed by atoms with E-state index < -0.39 is 21.1 Å². The monoisotopic (exact) mass is 273 g/mol. The quantitative estimate of drug-likeness (QED) is 0.899. The molecule has 3 nitrogen and oxygen atoms in total. The molecule has 0 radical (unpaired) electrons. The molecule has 2 atom stereocenters. The third kappa shape index (κ3) is 2.81. The highest BCUT2D eigenvalue weighted by Gasteiger charge is 2.34. The lowest BCUT2D eigenvalue weighted by molar-refractivity contribution is 0.505. The Balaban J connectivity index is 2.28. The third-order valence-electron chi connectivity index (χ3n) is 3.26. The fourth-order valence-corrected chi connectivity index (χ4v) is 4.55. The number of nitrogens with two attached hydrogens (primary N) is 1. The van der Waals surface area contributed by atoms with E-state index in [2.05, 4.69) is 0 Å². The van der Waals surface area contributed by atoms with Crippen LogP contribution in [-0.4, -0.2) is 19.4 Å². The lowest BCUT2D eigenvalue weighted by Crippen LogP contribution is -2.37. The molecular formula is C12H16ClNO2S. The molecule has 0 aliphatic carbocycles. The zero-order valence-corrected chi connectivity index (χ0v) is 11.0. The summed E-state index contributed by atoms with van der Waals surface area (Å²) in [5.41, 5.74) is 6.88. The summed E-state index contributed by atoms with van der Waals surface area (Å²) in [5, 5.41) is 0.126. The largest absolute Gasteiger partial charge is 0.323 e. The first-order chi connectivity index (χ1) is 8.00. The topological polar surface area (TPSA) is 60.2 Å². The first-order valence-electron chi connectivity index (χ1n) is 5.73. The second-order valence-electron chi connectivity index (χ2n) is 4.48. The van der Waals surface area contributed by atoms with Crippen LogP contribution >= 0.6 is 11.6 Å². The molecule has 94 valence electrons. The van der Waals surface area contributed by atoms with Crippen LogP contribution in [0, 0.1) is 0 Å². The van der Waals surface area contributed by atoms with Gasteiger partial charge in [0, 0.05) is 11.1 Å². The highest BCUT2D eigenvalue weighted by atomic mass is 35.5. The molecule has 1 aromatic carbocycles. The Hall–Kier alpha value is -0.580. The fourth-order valence-electron chi connectivity index (χ4n) is 2.31. The lowest BCUT2D eigenvalue weighted by Gasteiger charge is -2.27. The molecular weight excluding hydrogens is 258 g/mol. The van der Waals surface area contributed by atoms with Gasteiger partial charge < -0.3 is 5.73 Å². The minimum atomic E-state index is -3.05. The van der Waals surface area contributed by atoms with Gasteiger partial charge >= 0.3 is 0 Å². The number of hydrogen-bond acceptors (Lipinski definition) is 3. The molecule has 1 aromatic rings. The molecule has 0 aromatic heterocycles. The molecule has 1 aliphatic rings. The molecule has 17 heavy (non-hydrogen) atoms. The number of sulfone groups is 1. The molecule has 5 heteroatoms. The van der Waals surface area contributed by atoms with Crippen molar-refractivity contribution in [2.45, 2.75) is 30.6 Å². The average molecular weight is 274 g/mol. The van der Waals surface area contributed by atoms with Crippen molar-refractivity contribution in [3.05, 3.63) is 34.9 Å². The SMILES string of the molecule is NC(c1cccc(Cl)c1)C1CCCCS1(=O)=O. The molecule has 0 amide bonds. The highest BCUT2D eigenvalue weighted by Crippen LogP contribution is 2.29. The molecule has 0 spiro atoms. The van der Waals surface area contributed by atoms with Gasteiger partial charge in [-0.15, -0.1) is 0 Å². The summed E-state index contributed by atoms with van der Waals surface area (Å²) in [6.45, 7) is 0. The first kappa shape index (κ1) is 12.9. The van der Waals surface area contributed by atoms with Crippen molar-refractivity contribution in [3.8, 4) is 0 Å². The van der Waals surface area contributed by atoms with Crippen LogP contribution in [0.15, 0.2) is 24.3 Å². The predicted molar refractivity (Wildman–Crippen MR) is 69.8 cm³/mol. The Morgan fingerprint density at radius 3 is 2.76 bits per heavy atom. The maximum atomic E-state index is 12.0. The van der Waals surface area contributed by atoms with Crippen LogP contribution in [0.25, 0.3) is 0 Å². The molecule has 1 fully saturated rings. The maximum Gasteiger partial charge on any atom is 0.155 e. The van der Waals surface area contributed by atoms with Crippen LogP contribution in [0.1, 0.15) is 30.9 Å². The Morgan fingerprint density at radius 1 is 1.35 bits per heavy atom. The molecule has 0 saturated carbocycles. The van der Waals surface area contributed by atoms with Crippen LogP contribution in [0.4, 0.5) is 0 Å². The number of benzene rings is 1. The summed E-state index contributed by atoms with van der Waals surface area (Å²) in [6.07, 6.45) is 2.33. The highest BCUT2D eigenvalue weighted by molar-refractivity contribution is 7.92. The van der Waals surface area contributed by atoms with Gasteiger partial charge in [0.25, 0.3) is 0 Å². The summed E-state index contributed by atoms with van der Waals surface area (Å²) in [6, 6.07) is 6.66. The Labute approximate surface area is 107 Å². The fraction of sp³-hybridized carbons (Fsp3) is 0.500. The van der Waals surface area contributed by atoms with E-state index in [9.17, 15) is 8.42 Å². The van der Waals surface area contributed by atoms with E-state index in [1.807, 2.05) is 6.07 Å². The molecule has 2 N–H and O–H groups in total. The maximum absolute atomic E-state index is 12.0. The summed E-state index contributed by atoms with van der Waals surface area (Å²) in [5.74, 6) is 0.256. The van der Waals surface area contributed by atoms with Gasteiger partial charge in [-0.1, -0.05) is 30.2 Å². The molecule has 1 aliphatic heterocycles. The van der Waals surface area contributed by atoms with Crippen molar-refractivity contribution in [2.24, 2.45) is 5.73 Å². The van der Waals surface area contributed by atoms with E-state index in [-0.39, 0.29) is 5.75 Å². The van der Waals surface area contributed by atoms with Crippen LogP contribution in [0.3, 0.4) is 0 Å². The number of halogens is 1. The zero-order chi connectivity index (χ0) is 12.5.